The molecule has 0 radical (unpaired) electrons. The van der Waals surface area contributed by atoms with Crippen molar-refractivity contribution in [2.75, 3.05) is 38.2 Å². The highest BCUT2D eigenvalue weighted by Crippen LogP contribution is 2.19. The molecule has 0 unspecified atom stereocenters. The summed E-state index contributed by atoms with van der Waals surface area (Å²) in [6.07, 6.45) is 4.04. The lowest BCUT2D eigenvalue weighted by atomic mass is 10.2. The highest BCUT2D eigenvalue weighted by Gasteiger charge is 2.20. The van der Waals surface area contributed by atoms with Gasteiger partial charge in [0.25, 0.3) is 0 Å². The lowest BCUT2D eigenvalue weighted by Crippen LogP contribution is -2.34. The lowest BCUT2D eigenvalue weighted by Gasteiger charge is -2.23. The molecule has 1 aliphatic heterocycles. The largest absolute Gasteiger partial charge is 0.497 e. The van der Waals surface area contributed by atoms with E-state index in [1.54, 1.807) is 13.2 Å². The van der Waals surface area contributed by atoms with Crippen LogP contribution in [-0.4, -0.2) is 57.6 Å². The topological polar surface area (TPSA) is 74.8 Å². The van der Waals surface area contributed by atoms with Crippen molar-refractivity contribution in [2.24, 2.45) is 0 Å². The number of aromatic nitrogens is 1. The maximum atomic E-state index is 12.6. The molecule has 1 fully saturated rings. The summed E-state index contributed by atoms with van der Waals surface area (Å²) in [5, 5.41) is 0. The molecule has 7 nitrogen and oxygen atoms in total. The normalized spacial score (nSPS) is 15.8. The Morgan fingerprint density at radius 2 is 1.77 bits per heavy atom. The molecule has 0 atom stereocenters. The highest BCUT2D eigenvalue weighted by molar-refractivity contribution is 7.89. The maximum absolute atomic E-state index is 12.6. The predicted octanol–water partition coefficient (Wildman–Crippen LogP) is 3.27. The van der Waals surface area contributed by atoms with Gasteiger partial charge in [0.2, 0.25) is 10.0 Å². The molecule has 0 saturated carbocycles. The number of ether oxygens (including phenoxy) is 1. The number of benzene rings is 1. The van der Waals surface area contributed by atoms with Gasteiger partial charge in [0.15, 0.2) is 0 Å². The van der Waals surface area contributed by atoms with Gasteiger partial charge in [0.05, 0.1) is 7.11 Å². The van der Waals surface area contributed by atoms with Gasteiger partial charge >= 0.3 is 0 Å². The summed E-state index contributed by atoms with van der Waals surface area (Å²) in [6, 6.07) is 11.6. The summed E-state index contributed by atoms with van der Waals surface area (Å²) in [4.78, 5) is 9.37. The molecule has 31 heavy (non-hydrogen) atoms. The van der Waals surface area contributed by atoms with Gasteiger partial charge in [-0.05, 0) is 49.1 Å². The van der Waals surface area contributed by atoms with E-state index in [4.69, 9.17) is 4.74 Å². The zero-order valence-corrected chi connectivity index (χ0v) is 19.6. The van der Waals surface area contributed by atoms with E-state index >= 15 is 0 Å². The molecule has 0 amide bonds. The van der Waals surface area contributed by atoms with E-state index in [0.717, 1.165) is 63.6 Å². The molecule has 2 heterocycles. The number of sulfonamides is 1. The molecular weight excluding hydrogens is 412 g/mol. The fourth-order valence-corrected chi connectivity index (χ4v) is 5.16. The first kappa shape index (κ1) is 23.5. The molecule has 1 aliphatic rings. The molecule has 0 spiro atoms. The van der Waals surface area contributed by atoms with E-state index in [1.807, 2.05) is 32.0 Å². The number of hydrogen-bond acceptors (Lipinski definition) is 6. The van der Waals surface area contributed by atoms with Crippen LogP contribution in [0.15, 0.2) is 47.5 Å². The van der Waals surface area contributed by atoms with E-state index in [1.165, 1.54) is 11.8 Å². The lowest BCUT2D eigenvalue weighted by molar-refractivity contribution is 0.285. The third-order valence-electron chi connectivity index (χ3n) is 5.82. The molecule has 0 aliphatic carbocycles. The second-order valence-corrected chi connectivity index (χ2v) is 9.67. The second kappa shape index (κ2) is 10.9. The predicted molar refractivity (Wildman–Crippen MR) is 124 cm³/mol. The van der Waals surface area contributed by atoms with Crippen molar-refractivity contribution >= 4 is 15.8 Å². The summed E-state index contributed by atoms with van der Waals surface area (Å²) in [7, 11) is -1.86. The molecule has 1 aromatic carbocycles. The third-order valence-corrected chi connectivity index (χ3v) is 7.32. The highest BCUT2D eigenvalue weighted by atomic mass is 32.2. The summed E-state index contributed by atoms with van der Waals surface area (Å²) in [5.41, 5.74) is 1.27. The Kier molecular flexibility index (Phi) is 8.28. The quantitative estimate of drug-likeness (QED) is 0.637. The first-order valence-electron chi connectivity index (χ1n) is 11.0. The van der Waals surface area contributed by atoms with E-state index in [9.17, 15) is 8.42 Å². The number of hydrogen-bond donors (Lipinski definition) is 1. The zero-order valence-electron chi connectivity index (χ0n) is 18.8. The first-order chi connectivity index (χ1) is 14.9. The van der Waals surface area contributed by atoms with Crippen molar-refractivity contribution in [1.29, 1.82) is 0 Å². The van der Waals surface area contributed by atoms with Crippen LogP contribution in [0, 0.1) is 0 Å². The summed E-state index contributed by atoms with van der Waals surface area (Å²) >= 11 is 0. The van der Waals surface area contributed by atoms with Crippen molar-refractivity contribution < 1.29 is 13.2 Å². The Balaban J connectivity index is 1.59. The minimum absolute atomic E-state index is 0.0491. The van der Waals surface area contributed by atoms with Crippen LogP contribution in [0.25, 0.3) is 0 Å². The fourth-order valence-electron chi connectivity index (χ4n) is 3.81. The molecule has 1 N–H and O–H groups in total. The molecule has 1 saturated heterocycles. The Morgan fingerprint density at radius 1 is 1.03 bits per heavy atom. The maximum Gasteiger partial charge on any atom is 0.242 e. The molecule has 1 aromatic heterocycles. The second-order valence-electron chi connectivity index (χ2n) is 7.95. The Morgan fingerprint density at radius 3 is 2.39 bits per heavy atom. The van der Waals surface area contributed by atoms with Crippen molar-refractivity contribution in [3.05, 3.63) is 48.2 Å². The first-order valence-corrected chi connectivity index (χ1v) is 12.5. The Hall–Kier alpha value is -2.16. The summed E-state index contributed by atoms with van der Waals surface area (Å²) in [6.45, 7) is 8.60. The van der Waals surface area contributed by atoms with Gasteiger partial charge in [-0.25, -0.2) is 18.1 Å². The van der Waals surface area contributed by atoms with Crippen LogP contribution in [0.4, 0.5) is 5.82 Å². The molecular formula is C23H34N4O3S. The van der Waals surface area contributed by atoms with E-state index in [-0.39, 0.29) is 10.9 Å². The van der Waals surface area contributed by atoms with Crippen molar-refractivity contribution in [2.45, 2.75) is 50.6 Å². The molecule has 3 rings (SSSR count). The number of pyridine rings is 1. The minimum atomic E-state index is -3.54. The van der Waals surface area contributed by atoms with Crippen LogP contribution < -0.4 is 14.4 Å². The molecule has 0 bridgehead atoms. The molecule has 2 aromatic rings. The number of anilines is 1. The Bertz CT molecular complexity index is 913. The number of rotatable bonds is 9. The van der Waals surface area contributed by atoms with Crippen LogP contribution in [0.1, 0.15) is 38.7 Å². The van der Waals surface area contributed by atoms with Crippen LogP contribution in [0.2, 0.25) is 0 Å². The van der Waals surface area contributed by atoms with Crippen LogP contribution >= 0.6 is 0 Å². The van der Waals surface area contributed by atoms with Crippen molar-refractivity contribution in [3.63, 3.8) is 0 Å². The Labute approximate surface area is 186 Å². The summed E-state index contributed by atoms with van der Waals surface area (Å²) < 4.78 is 33.2. The monoisotopic (exact) mass is 446 g/mol. The van der Waals surface area contributed by atoms with Crippen molar-refractivity contribution in [1.82, 2.24) is 14.6 Å². The standard InChI is InChI=1S/C23H34N4O3S/c1-4-20(5-2)25-31(28,29)22-11-12-23(24-17-22)27-14-6-13-26(15-16-27)18-19-7-9-21(30-3)10-8-19/h7-12,17,20,25H,4-6,13-16,18H2,1-3H3. The van der Waals surface area contributed by atoms with Gasteiger partial charge in [-0.1, -0.05) is 26.0 Å². The van der Waals surface area contributed by atoms with E-state index < -0.39 is 10.0 Å². The average molecular weight is 447 g/mol. The third kappa shape index (κ3) is 6.41. The van der Waals surface area contributed by atoms with Gasteiger partial charge in [0.1, 0.15) is 16.5 Å². The van der Waals surface area contributed by atoms with Gasteiger partial charge in [-0.3, -0.25) is 4.90 Å². The van der Waals surface area contributed by atoms with Gasteiger partial charge in [-0.15, -0.1) is 0 Å². The zero-order chi connectivity index (χ0) is 22.3. The SMILES string of the molecule is CCC(CC)NS(=O)(=O)c1ccc(N2CCCN(Cc3ccc(OC)cc3)CC2)nc1. The van der Waals surface area contributed by atoms with Crippen LogP contribution in [-0.2, 0) is 16.6 Å². The number of methoxy groups -OCH3 is 1. The fraction of sp³-hybridized carbons (Fsp3) is 0.522. The summed E-state index contributed by atoms with van der Waals surface area (Å²) in [5.74, 6) is 1.70. The molecule has 8 heteroatoms. The average Bonchev–Trinajstić information content (AvgIpc) is 3.03. The molecule has 170 valence electrons. The van der Waals surface area contributed by atoms with E-state index in [0.29, 0.717) is 0 Å². The van der Waals surface area contributed by atoms with E-state index in [2.05, 4.69) is 31.6 Å². The smallest absolute Gasteiger partial charge is 0.242 e. The number of nitrogens with one attached hydrogen (secondary N) is 1. The van der Waals surface area contributed by atoms with Gasteiger partial charge in [0, 0.05) is 45.0 Å². The van der Waals surface area contributed by atoms with Gasteiger partial charge in [-0.2, -0.15) is 0 Å². The minimum Gasteiger partial charge on any atom is -0.497 e. The van der Waals surface area contributed by atoms with Crippen LogP contribution in [0.5, 0.6) is 5.75 Å². The van der Waals surface area contributed by atoms with Gasteiger partial charge < -0.3 is 9.64 Å². The number of nitrogens with zero attached hydrogens (tertiary/aromatic N) is 3. The van der Waals surface area contributed by atoms with Crippen molar-refractivity contribution in [3.8, 4) is 5.75 Å². The van der Waals surface area contributed by atoms with Crippen LogP contribution in [0.3, 0.4) is 0 Å².